The lowest BCUT2D eigenvalue weighted by atomic mass is 10.2. The minimum Gasteiger partial charge on any atom is -0.370 e. The molecule has 0 N–H and O–H groups in total. The molecule has 0 aromatic heterocycles. The second-order valence-corrected chi connectivity index (χ2v) is 6.53. The van der Waals surface area contributed by atoms with Crippen LogP contribution in [0.5, 0.6) is 0 Å². The van der Waals surface area contributed by atoms with Crippen LogP contribution in [0.25, 0.3) is 0 Å². The van der Waals surface area contributed by atoms with Gasteiger partial charge >= 0.3 is 0 Å². The third-order valence-electron chi connectivity index (χ3n) is 3.26. The first-order valence-corrected chi connectivity index (χ1v) is 7.67. The lowest BCUT2D eigenvalue weighted by Gasteiger charge is -2.17. The predicted octanol–water partition coefficient (Wildman–Crippen LogP) is 3.14. The van der Waals surface area contributed by atoms with Gasteiger partial charge in [0.2, 0.25) is 0 Å². The normalized spacial score (nSPS) is 27.1. The van der Waals surface area contributed by atoms with E-state index in [1.807, 2.05) is 19.0 Å². The minimum absolute atomic E-state index is 0.0358. The number of halogens is 1. The second-order valence-electron chi connectivity index (χ2n) is 5.43. The van der Waals surface area contributed by atoms with E-state index in [2.05, 4.69) is 31.2 Å². The number of benzene rings is 1. The molecular formula is C15H22FNOS. The van der Waals surface area contributed by atoms with Crippen molar-refractivity contribution in [2.75, 3.05) is 26.4 Å². The van der Waals surface area contributed by atoms with Gasteiger partial charge in [0, 0.05) is 23.6 Å². The summed E-state index contributed by atoms with van der Waals surface area (Å²) in [7, 11) is 3.98. The Morgan fingerprint density at radius 3 is 2.63 bits per heavy atom. The highest BCUT2D eigenvalue weighted by atomic mass is 32.2. The molecule has 1 fully saturated rings. The lowest BCUT2D eigenvalue weighted by molar-refractivity contribution is 0.0311. The fraction of sp³-hybridized carbons (Fsp3) is 0.600. The van der Waals surface area contributed by atoms with Crippen molar-refractivity contribution in [3.63, 3.8) is 0 Å². The van der Waals surface area contributed by atoms with Crippen LogP contribution in [0.1, 0.15) is 12.0 Å². The number of likely N-dealkylation sites (N-methyl/N-ethyl adjacent to an activating group) is 1. The van der Waals surface area contributed by atoms with Gasteiger partial charge in [0.25, 0.3) is 0 Å². The molecule has 1 aliphatic rings. The Kier molecular flexibility index (Phi) is 5.25. The summed E-state index contributed by atoms with van der Waals surface area (Å²) in [5.74, 6) is 0.689. The highest BCUT2D eigenvalue weighted by Crippen LogP contribution is 2.29. The summed E-state index contributed by atoms with van der Waals surface area (Å²) in [6.45, 7) is 2.87. The summed E-state index contributed by atoms with van der Waals surface area (Å²) in [5.41, 5.74) is 1.25. The molecule has 0 bridgehead atoms. The summed E-state index contributed by atoms with van der Waals surface area (Å²) in [6.07, 6.45) is -0.537. The topological polar surface area (TPSA) is 12.5 Å². The maximum absolute atomic E-state index is 13.9. The van der Waals surface area contributed by atoms with Crippen molar-refractivity contribution in [1.82, 2.24) is 4.90 Å². The van der Waals surface area contributed by atoms with Gasteiger partial charge in [-0.25, -0.2) is 4.39 Å². The zero-order valence-electron chi connectivity index (χ0n) is 11.8. The largest absolute Gasteiger partial charge is 0.370 e. The highest BCUT2D eigenvalue weighted by molar-refractivity contribution is 7.99. The van der Waals surface area contributed by atoms with E-state index in [0.29, 0.717) is 12.2 Å². The summed E-state index contributed by atoms with van der Waals surface area (Å²) in [4.78, 5) is 3.23. The van der Waals surface area contributed by atoms with Gasteiger partial charge < -0.3 is 9.64 Å². The van der Waals surface area contributed by atoms with Gasteiger partial charge in [0.1, 0.15) is 6.17 Å². The molecule has 0 unspecified atom stereocenters. The Labute approximate surface area is 119 Å². The Balaban J connectivity index is 1.81. The molecule has 0 spiro atoms. The van der Waals surface area contributed by atoms with Crippen LogP contribution in [-0.2, 0) is 4.74 Å². The summed E-state index contributed by atoms with van der Waals surface area (Å²) in [6, 6.07) is 8.33. The van der Waals surface area contributed by atoms with Crippen molar-refractivity contribution in [2.24, 2.45) is 0 Å². The van der Waals surface area contributed by atoms with E-state index >= 15 is 0 Å². The number of ether oxygens (including phenoxy) is 1. The fourth-order valence-electron chi connectivity index (χ4n) is 2.27. The summed E-state index contributed by atoms with van der Waals surface area (Å²) in [5, 5.41) is 0. The zero-order valence-corrected chi connectivity index (χ0v) is 12.6. The van der Waals surface area contributed by atoms with E-state index in [-0.39, 0.29) is 12.2 Å². The number of alkyl halides is 1. The molecule has 3 atom stereocenters. The molecule has 1 aliphatic heterocycles. The smallest absolute Gasteiger partial charge is 0.130 e. The van der Waals surface area contributed by atoms with Crippen molar-refractivity contribution in [2.45, 2.75) is 36.6 Å². The third kappa shape index (κ3) is 4.48. The van der Waals surface area contributed by atoms with Crippen molar-refractivity contribution < 1.29 is 9.13 Å². The molecule has 2 rings (SSSR count). The van der Waals surface area contributed by atoms with Crippen LogP contribution in [0.3, 0.4) is 0 Å². The van der Waals surface area contributed by atoms with Crippen molar-refractivity contribution >= 4 is 11.8 Å². The van der Waals surface area contributed by atoms with E-state index in [1.165, 1.54) is 10.5 Å². The average molecular weight is 283 g/mol. The Hall–Kier alpha value is -0.580. The first-order valence-electron chi connectivity index (χ1n) is 6.68. The molecule has 106 valence electrons. The zero-order chi connectivity index (χ0) is 13.8. The number of aryl methyl sites for hydroxylation is 1. The first-order chi connectivity index (χ1) is 9.04. The molecular weight excluding hydrogens is 261 g/mol. The van der Waals surface area contributed by atoms with E-state index in [9.17, 15) is 4.39 Å². The quantitative estimate of drug-likeness (QED) is 0.770. The number of thioether (sulfide) groups is 1. The Bertz CT molecular complexity index is 396. The first kappa shape index (κ1) is 14.8. The van der Waals surface area contributed by atoms with Crippen LogP contribution in [0, 0.1) is 6.92 Å². The summed E-state index contributed by atoms with van der Waals surface area (Å²) < 4.78 is 19.7. The number of rotatable bonds is 5. The summed E-state index contributed by atoms with van der Waals surface area (Å²) >= 11 is 1.67. The highest BCUT2D eigenvalue weighted by Gasteiger charge is 2.35. The SMILES string of the molecule is Cc1ccc(SC[C@@H]2O[C@@H](CN(C)C)C[C@@H]2F)cc1. The van der Waals surface area contributed by atoms with Gasteiger partial charge in [-0.1, -0.05) is 17.7 Å². The third-order valence-corrected chi connectivity index (χ3v) is 4.36. The van der Waals surface area contributed by atoms with Gasteiger partial charge in [-0.05, 0) is 33.2 Å². The van der Waals surface area contributed by atoms with Crippen LogP contribution in [0.15, 0.2) is 29.2 Å². The monoisotopic (exact) mass is 283 g/mol. The van der Waals surface area contributed by atoms with Crippen molar-refractivity contribution in [3.05, 3.63) is 29.8 Å². The van der Waals surface area contributed by atoms with Crippen LogP contribution in [0.4, 0.5) is 4.39 Å². The van der Waals surface area contributed by atoms with Gasteiger partial charge in [0.05, 0.1) is 12.2 Å². The molecule has 1 aromatic carbocycles. The van der Waals surface area contributed by atoms with Gasteiger partial charge in [-0.3, -0.25) is 0 Å². The number of hydrogen-bond donors (Lipinski definition) is 0. The minimum atomic E-state index is -0.831. The molecule has 1 aromatic rings. The number of hydrogen-bond acceptors (Lipinski definition) is 3. The van der Waals surface area contributed by atoms with E-state index in [0.717, 1.165) is 6.54 Å². The fourth-order valence-corrected chi connectivity index (χ4v) is 3.24. The van der Waals surface area contributed by atoms with Crippen LogP contribution < -0.4 is 0 Å². The van der Waals surface area contributed by atoms with Crippen molar-refractivity contribution in [1.29, 1.82) is 0 Å². The Morgan fingerprint density at radius 1 is 1.32 bits per heavy atom. The van der Waals surface area contributed by atoms with Gasteiger partial charge in [-0.15, -0.1) is 11.8 Å². The molecule has 0 saturated carbocycles. The Morgan fingerprint density at radius 2 is 2.00 bits per heavy atom. The molecule has 1 heterocycles. The van der Waals surface area contributed by atoms with Crippen LogP contribution in [0.2, 0.25) is 0 Å². The van der Waals surface area contributed by atoms with Crippen LogP contribution >= 0.6 is 11.8 Å². The van der Waals surface area contributed by atoms with E-state index in [1.54, 1.807) is 11.8 Å². The molecule has 4 heteroatoms. The number of nitrogens with zero attached hydrogens (tertiary/aromatic N) is 1. The molecule has 0 amide bonds. The van der Waals surface area contributed by atoms with Gasteiger partial charge in [-0.2, -0.15) is 0 Å². The average Bonchev–Trinajstić information content (AvgIpc) is 2.68. The van der Waals surface area contributed by atoms with E-state index in [4.69, 9.17) is 4.74 Å². The molecule has 1 saturated heterocycles. The second kappa shape index (κ2) is 6.73. The standard InChI is InChI=1S/C15H22FNOS/c1-11-4-6-13(7-5-11)19-10-15-14(16)8-12(18-15)9-17(2)3/h4-7,12,14-15H,8-10H2,1-3H3/t12-,14+,15+/m1/s1. The maximum atomic E-state index is 13.9. The van der Waals surface area contributed by atoms with Crippen LogP contribution in [-0.4, -0.2) is 49.7 Å². The molecule has 2 nitrogen and oxygen atoms in total. The molecule has 0 aliphatic carbocycles. The molecule has 19 heavy (non-hydrogen) atoms. The lowest BCUT2D eigenvalue weighted by Crippen LogP contribution is -2.26. The maximum Gasteiger partial charge on any atom is 0.130 e. The van der Waals surface area contributed by atoms with E-state index < -0.39 is 6.17 Å². The van der Waals surface area contributed by atoms with Gasteiger partial charge in [0.15, 0.2) is 0 Å². The molecule has 0 radical (unpaired) electrons. The predicted molar refractivity (Wildman–Crippen MR) is 78.6 cm³/mol. The van der Waals surface area contributed by atoms with Crippen molar-refractivity contribution in [3.8, 4) is 0 Å².